The quantitative estimate of drug-likeness (QED) is 0.380. The fourth-order valence-electron chi connectivity index (χ4n) is 1.36. The second kappa shape index (κ2) is 4.13. The summed E-state index contributed by atoms with van der Waals surface area (Å²) in [7, 11) is 1.71. The first-order chi connectivity index (χ1) is 5.36. The summed E-state index contributed by atoms with van der Waals surface area (Å²) in [5.74, 6) is 0.577. The van der Waals surface area contributed by atoms with Crippen LogP contribution in [-0.2, 0) is 4.74 Å². The highest BCUT2D eigenvalue weighted by Crippen LogP contribution is 2.23. The van der Waals surface area contributed by atoms with Gasteiger partial charge in [0.15, 0.2) is 0 Å². The average Bonchev–Trinajstić information content (AvgIpc) is 2.38. The van der Waals surface area contributed by atoms with E-state index in [4.69, 9.17) is 9.94 Å². The molecule has 3 nitrogen and oxygen atoms in total. The van der Waals surface area contributed by atoms with Crippen molar-refractivity contribution in [3.05, 3.63) is 11.6 Å². The van der Waals surface area contributed by atoms with Gasteiger partial charge < -0.3 is 9.94 Å². The van der Waals surface area contributed by atoms with Crippen LogP contribution in [0.4, 0.5) is 0 Å². The molecular formula is C8H13NO2. The molecule has 0 heterocycles. The smallest absolute Gasteiger partial charge is 0.0690 e. The molecule has 1 aliphatic rings. The number of rotatable bonds is 3. The highest BCUT2D eigenvalue weighted by molar-refractivity contribution is 5.78. The standard InChI is InChI=1S/C8H13NO2/c1-11-6-8-3-2-7(4-8)5-9-10/h2,5,8,10H,3-4,6H2,1H3/b9-5+. The predicted molar refractivity (Wildman–Crippen MR) is 43.0 cm³/mol. The van der Waals surface area contributed by atoms with Gasteiger partial charge in [-0.2, -0.15) is 0 Å². The van der Waals surface area contributed by atoms with Gasteiger partial charge in [-0.1, -0.05) is 11.2 Å². The van der Waals surface area contributed by atoms with Gasteiger partial charge in [0.2, 0.25) is 0 Å². The number of hydrogen-bond donors (Lipinski definition) is 1. The van der Waals surface area contributed by atoms with Crippen LogP contribution in [0.1, 0.15) is 12.8 Å². The minimum absolute atomic E-state index is 0.577. The summed E-state index contributed by atoms with van der Waals surface area (Å²) in [6.45, 7) is 0.791. The Labute approximate surface area is 66.4 Å². The van der Waals surface area contributed by atoms with Crippen molar-refractivity contribution in [2.75, 3.05) is 13.7 Å². The molecule has 0 radical (unpaired) electrons. The largest absolute Gasteiger partial charge is 0.411 e. The van der Waals surface area contributed by atoms with Gasteiger partial charge in [-0.25, -0.2) is 0 Å². The van der Waals surface area contributed by atoms with Crippen molar-refractivity contribution in [3.63, 3.8) is 0 Å². The van der Waals surface area contributed by atoms with E-state index < -0.39 is 0 Å². The van der Waals surface area contributed by atoms with E-state index >= 15 is 0 Å². The van der Waals surface area contributed by atoms with E-state index in [-0.39, 0.29) is 0 Å². The van der Waals surface area contributed by atoms with Crippen LogP contribution in [0.25, 0.3) is 0 Å². The Morgan fingerprint density at radius 2 is 2.73 bits per heavy atom. The van der Waals surface area contributed by atoms with Crippen molar-refractivity contribution in [3.8, 4) is 0 Å². The average molecular weight is 155 g/mol. The summed E-state index contributed by atoms with van der Waals surface area (Å²) in [5.41, 5.74) is 1.11. The van der Waals surface area contributed by atoms with Crippen LogP contribution in [0.5, 0.6) is 0 Å². The molecule has 0 aromatic rings. The Morgan fingerprint density at radius 3 is 3.36 bits per heavy atom. The molecule has 1 rings (SSSR count). The molecule has 0 aromatic carbocycles. The SMILES string of the molecule is COCC1CC=C(/C=N/O)C1. The van der Waals surface area contributed by atoms with Crippen molar-refractivity contribution in [1.82, 2.24) is 0 Å². The van der Waals surface area contributed by atoms with Gasteiger partial charge in [-0.05, 0) is 24.3 Å². The molecule has 1 atom stereocenters. The van der Waals surface area contributed by atoms with Crippen LogP contribution >= 0.6 is 0 Å². The minimum atomic E-state index is 0.577. The Morgan fingerprint density at radius 1 is 1.91 bits per heavy atom. The number of nitrogens with zero attached hydrogens (tertiary/aromatic N) is 1. The first-order valence-electron chi connectivity index (χ1n) is 3.72. The van der Waals surface area contributed by atoms with E-state index in [0.29, 0.717) is 5.92 Å². The maximum absolute atomic E-state index is 8.24. The van der Waals surface area contributed by atoms with E-state index in [1.54, 1.807) is 7.11 Å². The Balaban J connectivity index is 2.30. The van der Waals surface area contributed by atoms with Crippen LogP contribution in [0, 0.1) is 5.92 Å². The molecule has 1 unspecified atom stereocenters. The topological polar surface area (TPSA) is 41.8 Å². The zero-order valence-corrected chi connectivity index (χ0v) is 6.66. The Kier molecular flexibility index (Phi) is 3.11. The molecular weight excluding hydrogens is 142 g/mol. The van der Waals surface area contributed by atoms with E-state index in [1.807, 2.05) is 0 Å². The molecule has 1 aliphatic carbocycles. The lowest BCUT2D eigenvalue weighted by atomic mass is 10.1. The Hall–Kier alpha value is -0.830. The van der Waals surface area contributed by atoms with Crippen molar-refractivity contribution in [1.29, 1.82) is 0 Å². The molecule has 3 heteroatoms. The van der Waals surface area contributed by atoms with Crippen LogP contribution < -0.4 is 0 Å². The first-order valence-corrected chi connectivity index (χ1v) is 3.72. The fourth-order valence-corrected chi connectivity index (χ4v) is 1.36. The van der Waals surface area contributed by atoms with Crippen LogP contribution in [0.2, 0.25) is 0 Å². The summed E-state index contributed by atoms with van der Waals surface area (Å²) in [6, 6.07) is 0. The van der Waals surface area contributed by atoms with Gasteiger partial charge in [0.25, 0.3) is 0 Å². The third-order valence-corrected chi connectivity index (χ3v) is 1.86. The molecule has 11 heavy (non-hydrogen) atoms. The Bertz CT molecular complexity index is 175. The summed E-state index contributed by atoms with van der Waals surface area (Å²) in [4.78, 5) is 0. The second-order valence-corrected chi connectivity index (χ2v) is 2.78. The van der Waals surface area contributed by atoms with Gasteiger partial charge >= 0.3 is 0 Å². The van der Waals surface area contributed by atoms with Crippen molar-refractivity contribution in [2.45, 2.75) is 12.8 Å². The number of ether oxygens (including phenoxy) is 1. The minimum Gasteiger partial charge on any atom is -0.411 e. The summed E-state index contributed by atoms with van der Waals surface area (Å²) < 4.78 is 5.01. The zero-order valence-electron chi connectivity index (χ0n) is 6.66. The molecule has 0 bridgehead atoms. The summed E-state index contributed by atoms with van der Waals surface area (Å²) in [5, 5.41) is 11.2. The maximum atomic E-state index is 8.24. The molecule has 0 saturated heterocycles. The molecule has 1 N–H and O–H groups in total. The summed E-state index contributed by atoms with van der Waals surface area (Å²) in [6.07, 6.45) is 5.59. The van der Waals surface area contributed by atoms with E-state index in [9.17, 15) is 0 Å². The number of oxime groups is 1. The van der Waals surface area contributed by atoms with Gasteiger partial charge in [0.1, 0.15) is 0 Å². The maximum Gasteiger partial charge on any atom is 0.0690 e. The molecule has 62 valence electrons. The van der Waals surface area contributed by atoms with Crippen LogP contribution in [0.15, 0.2) is 16.8 Å². The predicted octanol–water partition coefficient (Wildman–Crippen LogP) is 1.43. The highest BCUT2D eigenvalue weighted by atomic mass is 16.5. The zero-order chi connectivity index (χ0) is 8.10. The monoisotopic (exact) mass is 155 g/mol. The third-order valence-electron chi connectivity index (χ3n) is 1.86. The van der Waals surface area contributed by atoms with Crippen LogP contribution in [-0.4, -0.2) is 25.1 Å². The highest BCUT2D eigenvalue weighted by Gasteiger charge is 2.15. The van der Waals surface area contributed by atoms with Gasteiger partial charge in [0.05, 0.1) is 6.21 Å². The molecule has 0 aromatic heterocycles. The molecule has 0 saturated carbocycles. The lowest BCUT2D eigenvalue weighted by Crippen LogP contribution is -2.03. The van der Waals surface area contributed by atoms with Crippen molar-refractivity contribution >= 4 is 6.21 Å². The number of methoxy groups -OCH3 is 1. The lowest BCUT2D eigenvalue weighted by molar-refractivity contribution is 0.157. The number of hydrogen-bond acceptors (Lipinski definition) is 3. The number of allylic oxidation sites excluding steroid dienone is 2. The van der Waals surface area contributed by atoms with E-state index in [0.717, 1.165) is 25.0 Å². The van der Waals surface area contributed by atoms with E-state index in [2.05, 4.69) is 11.2 Å². The normalized spacial score (nSPS) is 24.5. The van der Waals surface area contributed by atoms with E-state index in [1.165, 1.54) is 6.21 Å². The molecule has 0 spiro atoms. The molecule has 0 aliphatic heterocycles. The van der Waals surface area contributed by atoms with Crippen LogP contribution in [0.3, 0.4) is 0 Å². The fraction of sp³-hybridized carbons (Fsp3) is 0.625. The van der Waals surface area contributed by atoms with Crippen molar-refractivity contribution < 1.29 is 9.94 Å². The van der Waals surface area contributed by atoms with Gasteiger partial charge in [0, 0.05) is 13.7 Å². The summed E-state index contributed by atoms with van der Waals surface area (Å²) >= 11 is 0. The lowest BCUT2D eigenvalue weighted by Gasteiger charge is -2.05. The van der Waals surface area contributed by atoms with Gasteiger partial charge in [-0.15, -0.1) is 0 Å². The molecule has 0 amide bonds. The second-order valence-electron chi connectivity index (χ2n) is 2.78. The molecule has 0 fully saturated rings. The van der Waals surface area contributed by atoms with Crippen molar-refractivity contribution in [2.24, 2.45) is 11.1 Å². The third kappa shape index (κ3) is 2.35. The van der Waals surface area contributed by atoms with Gasteiger partial charge in [-0.3, -0.25) is 0 Å². The first kappa shape index (κ1) is 8.27.